The van der Waals surface area contributed by atoms with Gasteiger partial charge < -0.3 is 19.9 Å². The molecule has 6 nitrogen and oxygen atoms in total. The summed E-state index contributed by atoms with van der Waals surface area (Å²) in [6, 6.07) is 11.6. The molecule has 0 aliphatic carbocycles. The van der Waals surface area contributed by atoms with Crippen LogP contribution in [0.25, 0.3) is 0 Å². The number of nitrogens with one attached hydrogen (secondary N) is 1. The number of hydrogen-bond acceptors (Lipinski definition) is 5. The van der Waals surface area contributed by atoms with Crippen LogP contribution in [0.2, 0.25) is 0 Å². The third-order valence-corrected chi connectivity index (χ3v) is 4.96. The van der Waals surface area contributed by atoms with Crippen molar-refractivity contribution in [3.63, 3.8) is 0 Å². The van der Waals surface area contributed by atoms with E-state index in [1.165, 1.54) is 0 Å². The molecule has 0 bridgehead atoms. The number of nitrogens with zero attached hydrogens (tertiary/aromatic N) is 1. The van der Waals surface area contributed by atoms with E-state index in [0.717, 1.165) is 22.3 Å². The van der Waals surface area contributed by atoms with E-state index in [-0.39, 0.29) is 12.5 Å². The van der Waals surface area contributed by atoms with Crippen molar-refractivity contribution in [2.45, 2.75) is 26.1 Å². The highest BCUT2D eigenvalue weighted by Crippen LogP contribution is 2.39. The molecule has 1 unspecified atom stereocenters. The van der Waals surface area contributed by atoms with Gasteiger partial charge in [0.05, 0.1) is 26.9 Å². The van der Waals surface area contributed by atoms with Crippen molar-refractivity contribution in [3.8, 4) is 11.5 Å². The van der Waals surface area contributed by atoms with Crippen LogP contribution in [0.15, 0.2) is 36.4 Å². The molecule has 0 saturated heterocycles. The van der Waals surface area contributed by atoms with Crippen LogP contribution in [0.3, 0.4) is 0 Å². The highest BCUT2D eigenvalue weighted by Gasteiger charge is 2.30. The number of aryl methyl sites for hydroxylation is 1. The second-order valence-electron chi connectivity index (χ2n) is 6.75. The number of carbonyl (C=O) groups is 1. The standard InChI is InChI=1S/C21H26N2O4/c1-14-6-4-5-7-15(14)10-22-20(25)13-23-11-16-18(26-2)8-9-19(27-3)21(16)17(24)12-23/h4-9,17,24H,10-13H2,1-3H3,(H,22,25). The van der Waals surface area contributed by atoms with Gasteiger partial charge in [0, 0.05) is 30.8 Å². The van der Waals surface area contributed by atoms with E-state index in [1.807, 2.05) is 42.2 Å². The van der Waals surface area contributed by atoms with E-state index in [2.05, 4.69) is 5.32 Å². The smallest absolute Gasteiger partial charge is 0.234 e. The third kappa shape index (κ3) is 4.23. The average molecular weight is 370 g/mol. The quantitative estimate of drug-likeness (QED) is 0.816. The number of amides is 1. The zero-order valence-corrected chi connectivity index (χ0v) is 16.0. The number of rotatable bonds is 6. The van der Waals surface area contributed by atoms with Crippen molar-refractivity contribution in [2.24, 2.45) is 0 Å². The molecule has 0 spiro atoms. The molecule has 27 heavy (non-hydrogen) atoms. The number of ether oxygens (including phenoxy) is 2. The summed E-state index contributed by atoms with van der Waals surface area (Å²) in [7, 11) is 3.18. The molecule has 1 amide bonds. The van der Waals surface area contributed by atoms with Gasteiger partial charge in [-0.2, -0.15) is 0 Å². The number of aliphatic hydroxyl groups excluding tert-OH is 1. The first-order chi connectivity index (χ1) is 13.0. The minimum atomic E-state index is -0.733. The highest BCUT2D eigenvalue weighted by molar-refractivity contribution is 5.78. The summed E-state index contributed by atoms with van der Waals surface area (Å²) in [6.45, 7) is 3.62. The molecule has 0 fully saturated rings. The number of fused-ring (bicyclic) bond motifs is 1. The molecule has 2 aromatic rings. The van der Waals surface area contributed by atoms with Crippen LogP contribution in [0.4, 0.5) is 0 Å². The average Bonchev–Trinajstić information content (AvgIpc) is 2.66. The molecule has 2 N–H and O–H groups in total. The number of benzene rings is 2. The van der Waals surface area contributed by atoms with Crippen molar-refractivity contribution >= 4 is 5.91 Å². The van der Waals surface area contributed by atoms with Crippen LogP contribution in [-0.2, 0) is 17.9 Å². The zero-order chi connectivity index (χ0) is 19.4. The Morgan fingerprint density at radius 1 is 1.19 bits per heavy atom. The third-order valence-electron chi connectivity index (χ3n) is 4.96. The van der Waals surface area contributed by atoms with Gasteiger partial charge >= 0.3 is 0 Å². The first-order valence-electron chi connectivity index (χ1n) is 8.98. The van der Waals surface area contributed by atoms with Gasteiger partial charge in [-0.1, -0.05) is 24.3 Å². The van der Waals surface area contributed by atoms with E-state index < -0.39 is 6.10 Å². The number of β-amino-alcohol motifs (C(OH)–C–C–N with tert-alkyl or cyclic N) is 1. The lowest BCUT2D eigenvalue weighted by Gasteiger charge is -2.33. The highest BCUT2D eigenvalue weighted by atomic mass is 16.5. The normalized spacial score (nSPS) is 16.5. The lowest BCUT2D eigenvalue weighted by Crippen LogP contribution is -2.41. The van der Waals surface area contributed by atoms with Crippen LogP contribution in [0.5, 0.6) is 11.5 Å². The largest absolute Gasteiger partial charge is 0.496 e. The Morgan fingerprint density at radius 2 is 1.89 bits per heavy atom. The lowest BCUT2D eigenvalue weighted by atomic mass is 9.95. The molecule has 1 atom stereocenters. The van der Waals surface area contributed by atoms with E-state index in [4.69, 9.17) is 9.47 Å². The molecular weight excluding hydrogens is 344 g/mol. The Morgan fingerprint density at radius 3 is 2.59 bits per heavy atom. The number of methoxy groups -OCH3 is 2. The maximum absolute atomic E-state index is 12.4. The van der Waals surface area contributed by atoms with Gasteiger partial charge in [0.25, 0.3) is 0 Å². The molecule has 1 aliphatic rings. The molecule has 6 heteroatoms. The molecule has 2 aromatic carbocycles. The van der Waals surface area contributed by atoms with Gasteiger partial charge in [0.15, 0.2) is 0 Å². The van der Waals surface area contributed by atoms with Gasteiger partial charge in [-0.3, -0.25) is 9.69 Å². The summed E-state index contributed by atoms with van der Waals surface area (Å²) in [5.74, 6) is 1.26. The van der Waals surface area contributed by atoms with Gasteiger partial charge in [0.2, 0.25) is 5.91 Å². The predicted octanol–water partition coefficient (Wildman–Crippen LogP) is 2.18. The Kier molecular flexibility index (Phi) is 5.98. The second-order valence-corrected chi connectivity index (χ2v) is 6.75. The first-order valence-corrected chi connectivity index (χ1v) is 8.98. The molecule has 3 rings (SSSR count). The summed E-state index contributed by atoms with van der Waals surface area (Å²) in [4.78, 5) is 14.3. The summed E-state index contributed by atoms with van der Waals surface area (Å²) >= 11 is 0. The summed E-state index contributed by atoms with van der Waals surface area (Å²) in [6.07, 6.45) is -0.733. The molecule has 0 aromatic heterocycles. The van der Waals surface area contributed by atoms with Crippen LogP contribution >= 0.6 is 0 Å². The topological polar surface area (TPSA) is 71.0 Å². The van der Waals surface area contributed by atoms with Crippen molar-refractivity contribution in [3.05, 3.63) is 58.7 Å². The summed E-state index contributed by atoms with van der Waals surface area (Å²) < 4.78 is 10.8. The fraction of sp³-hybridized carbons (Fsp3) is 0.381. The molecular formula is C21H26N2O4. The van der Waals surface area contributed by atoms with Gasteiger partial charge in [-0.05, 0) is 30.2 Å². The monoisotopic (exact) mass is 370 g/mol. The zero-order valence-electron chi connectivity index (χ0n) is 16.0. The maximum Gasteiger partial charge on any atom is 0.234 e. The summed E-state index contributed by atoms with van der Waals surface area (Å²) in [5, 5.41) is 13.6. The number of carbonyl (C=O) groups excluding carboxylic acids is 1. The molecule has 0 saturated carbocycles. The second kappa shape index (κ2) is 8.41. The molecule has 1 aliphatic heterocycles. The first kappa shape index (κ1) is 19.2. The van der Waals surface area contributed by atoms with Crippen molar-refractivity contribution in [2.75, 3.05) is 27.3 Å². The van der Waals surface area contributed by atoms with Gasteiger partial charge in [-0.15, -0.1) is 0 Å². The van der Waals surface area contributed by atoms with E-state index in [1.54, 1.807) is 20.3 Å². The minimum Gasteiger partial charge on any atom is -0.496 e. The molecule has 1 heterocycles. The fourth-order valence-corrected chi connectivity index (χ4v) is 3.53. The van der Waals surface area contributed by atoms with E-state index >= 15 is 0 Å². The van der Waals surface area contributed by atoms with Crippen LogP contribution in [0, 0.1) is 6.92 Å². The Labute approximate surface area is 159 Å². The maximum atomic E-state index is 12.4. The van der Waals surface area contributed by atoms with Gasteiger partial charge in [0.1, 0.15) is 11.5 Å². The van der Waals surface area contributed by atoms with Crippen molar-refractivity contribution < 1.29 is 19.4 Å². The molecule has 0 radical (unpaired) electrons. The van der Waals surface area contributed by atoms with Crippen molar-refractivity contribution in [1.82, 2.24) is 10.2 Å². The SMILES string of the molecule is COc1ccc(OC)c2c1CN(CC(=O)NCc1ccccc1C)CC2O. The number of hydrogen-bond donors (Lipinski definition) is 2. The molecule has 144 valence electrons. The minimum absolute atomic E-state index is 0.0734. The fourth-order valence-electron chi connectivity index (χ4n) is 3.53. The van der Waals surface area contributed by atoms with Crippen molar-refractivity contribution in [1.29, 1.82) is 0 Å². The van der Waals surface area contributed by atoms with Crippen LogP contribution in [0.1, 0.15) is 28.4 Å². The lowest BCUT2D eigenvalue weighted by molar-refractivity contribution is -0.123. The Balaban J connectivity index is 1.68. The Hall–Kier alpha value is -2.57. The van der Waals surface area contributed by atoms with Crippen LogP contribution in [-0.4, -0.2) is 43.2 Å². The van der Waals surface area contributed by atoms with E-state index in [9.17, 15) is 9.90 Å². The van der Waals surface area contributed by atoms with Gasteiger partial charge in [-0.25, -0.2) is 0 Å². The predicted molar refractivity (Wildman–Crippen MR) is 103 cm³/mol. The number of aliphatic hydroxyl groups is 1. The van der Waals surface area contributed by atoms with E-state index in [0.29, 0.717) is 31.1 Å². The van der Waals surface area contributed by atoms with Crippen LogP contribution < -0.4 is 14.8 Å². The summed E-state index contributed by atoms with van der Waals surface area (Å²) in [5.41, 5.74) is 3.86. The Bertz CT molecular complexity index is 822.